The Morgan fingerprint density at radius 2 is 1.40 bits per heavy atom. The van der Waals surface area contributed by atoms with E-state index < -0.39 is 8.07 Å². The highest BCUT2D eigenvalue weighted by Crippen LogP contribution is 2.44. The third-order valence-electron chi connectivity index (χ3n) is 5.65. The van der Waals surface area contributed by atoms with Crippen molar-refractivity contribution in [2.45, 2.75) is 90.8 Å². The molecule has 1 aromatic carbocycles. The highest BCUT2D eigenvalue weighted by atomic mass is 28.3. The van der Waals surface area contributed by atoms with Crippen LogP contribution < -0.4 is 4.74 Å². The molecule has 0 bridgehead atoms. The summed E-state index contributed by atoms with van der Waals surface area (Å²) in [6.45, 7) is 14.3. The maximum absolute atomic E-state index is 5.37. The smallest absolute Gasteiger partial charge is 0.118 e. The van der Waals surface area contributed by atoms with Gasteiger partial charge >= 0.3 is 0 Å². The number of hydrogen-bond donors (Lipinski definition) is 0. The lowest BCUT2D eigenvalue weighted by atomic mass is 9.83. The molecule has 0 aliphatic carbocycles. The van der Waals surface area contributed by atoms with Crippen molar-refractivity contribution in [1.29, 1.82) is 0 Å². The largest absolute Gasteiger partial charge is 0.497 e. The fourth-order valence-electron chi connectivity index (χ4n) is 4.72. The summed E-state index contributed by atoms with van der Waals surface area (Å²) in [5.41, 5.74) is 1.53. The maximum Gasteiger partial charge on any atom is 0.118 e. The molecule has 0 unspecified atom stereocenters. The minimum atomic E-state index is -1.46. The standard InChI is InChI=1S/C23H40OSi/c1-8-12-22(25(17-9-2,18-10-3)19-11-4)23(5,6)20-13-15-21(24-7)16-14-20/h12-16H,8-11,17-19H2,1-7H3. The minimum Gasteiger partial charge on any atom is -0.497 e. The second-order valence-corrected chi connectivity index (χ2v) is 12.5. The van der Waals surface area contributed by atoms with E-state index in [1.807, 2.05) is 0 Å². The quantitative estimate of drug-likeness (QED) is 0.371. The number of hydrogen-bond acceptors (Lipinski definition) is 1. The molecule has 0 heterocycles. The van der Waals surface area contributed by atoms with E-state index >= 15 is 0 Å². The van der Waals surface area contributed by atoms with Crippen molar-refractivity contribution in [3.8, 4) is 5.75 Å². The molecule has 0 fully saturated rings. The van der Waals surface area contributed by atoms with Gasteiger partial charge in [-0.2, -0.15) is 0 Å². The van der Waals surface area contributed by atoms with Crippen LogP contribution in [0, 0.1) is 0 Å². The van der Waals surface area contributed by atoms with Gasteiger partial charge in [0.25, 0.3) is 0 Å². The van der Waals surface area contributed by atoms with Crippen LogP contribution in [-0.4, -0.2) is 15.2 Å². The summed E-state index contributed by atoms with van der Waals surface area (Å²) in [5, 5.41) is 1.79. The van der Waals surface area contributed by atoms with E-state index in [0.717, 1.165) is 12.2 Å². The van der Waals surface area contributed by atoms with Crippen LogP contribution in [0.15, 0.2) is 35.5 Å². The molecule has 2 heteroatoms. The number of rotatable bonds is 11. The van der Waals surface area contributed by atoms with Gasteiger partial charge in [-0.3, -0.25) is 0 Å². The van der Waals surface area contributed by atoms with Crippen molar-refractivity contribution in [2.24, 2.45) is 0 Å². The van der Waals surface area contributed by atoms with Gasteiger partial charge < -0.3 is 4.74 Å². The summed E-state index contributed by atoms with van der Waals surface area (Å²) in [6.07, 6.45) is 7.67. The van der Waals surface area contributed by atoms with Crippen LogP contribution in [0.25, 0.3) is 0 Å². The molecule has 1 aromatic rings. The summed E-state index contributed by atoms with van der Waals surface area (Å²) >= 11 is 0. The number of benzene rings is 1. The molecule has 0 saturated heterocycles. The van der Waals surface area contributed by atoms with E-state index in [4.69, 9.17) is 4.74 Å². The predicted octanol–water partition coefficient (Wildman–Crippen LogP) is 7.53. The number of methoxy groups -OCH3 is 1. The summed E-state index contributed by atoms with van der Waals surface area (Å²) in [6, 6.07) is 13.1. The first-order valence-electron chi connectivity index (χ1n) is 10.3. The van der Waals surface area contributed by atoms with E-state index in [9.17, 15) is 0 Å². The molecule has 0 atom stereocenters. The van der Waals surface area contributed by atoms with Gasteiger partial charge in [0.2, 0.25) is 0 Å². The van der Waals surface area contributed by atoms with Gasteiger partial charge in [-0.1, -0.05) is 102 Å². The first-order valence-corrected chi connectivity index (χ1v) is 12.9. The van der Waals surface area contributed by atoms with E-state index in [1.165, 1.54) is 43.0 Å². The van der Waals surface area contributed by atoms with E-state index in [1.54, 1.807) is 12.3 Å². The van der Waals surface area contributed by atoms with Crippen LogP contribution in [0.3, 0.4) is 0 Å². The second kappa shape index (κ2) is 10.2. The van der Waals surface area contributed by atoms with Crippen LogP contribution in [0.4, 0.5) is 0 Å². The van der Waals surface area contributed by atoms with Crippen LogP contribution in [0.2, 0.25) is 18.1 Å². The molecule has 0 N–H and O–H groups in total. The van der Waals surface area contributed by atoms with Crippen molar-refractivity contribution in [1.82, 2.24) is 0 Å². The second-order valence-electron chi connectivity index (χ2n) is 7.91. The lowest BCUT2D eigenvalue weighted by Crippen LogP contribution is -2.44. The van der Waals surface area contributed by atoms with Crippen LogP contribution in [0.1, 0.15) is 72.8 Å². The molecule has 0 radical (unpaired) electrons. The molecular formula is C23H40OSi. The molecular weight excluding hydrogens is 320 g/mol. The zero-order valence-electron chi connectivity index (χ0n) is 17.7. The monoisotopic (exact) mass is 360 g/mol. The van der Waals surface area contributed by atoms with Crippen LogP contribution in [-0.2, 0) is 5.41 Å². The molecule has 0 saturated carbocycles. The van der Waals surface area contributed by atoms with Gasteiger partial charge in [-0.25, -0.2) is 0 Å². The fourth-order valence-corrected chi connectivity index (χ4v) is 11.3. The summed E-state index contributed by atoms with van der Waals surface area (Å²) < 4.78 is 5.37. The van der Waals surface area contributed by atoms with Crippen LogP contribution >= 0.6 is 0 Å². The Labute approximate surface area is 157 Å². The maximum atomic E-state index is 5.37. The average molecular weight is 361 g/mol. The van der Waals surface area contributed by atoms with Gasteiger partial charge in [0.15, 0.2) is 0 Å². The Kier molecular flexibility index (Phi) is 8.99. The topological polar surface area (TPSA) is 9.23 Å². The van der Waals surface area contributed by atoms with Gasteiger partial charge in [0, 0.05) is 5.41 Å². The van der Waals surface area contributed by atoms with Gasteiger partial charge in [-0.15, -0.1) is 0 Å². The number of allylic oxidation sites excluding steroid dienone is 2. The highest BCUT2D eigenvalue weighted by molar-refractivity contribution is 6.86. The number of ether oxygens (including phenoxy) is 1. The van der Waals surface area contributed by atoms with E-state index in [2.05, 4.69) is 71.9 Å². The molecule has 1 nitrogen and oxygen atoms in total. The normalized spacial score (nSPS) is 13.2. The first-order chi connectivity index (χ1) is 11.9. The molecule has 0 aliphatic heterocycles. The lowest BCUT2D eigenvalue weighted by Gasteiger charge is -2.43. The van der Waals surface area contributed by atoms with Gasteiger partial charge in [-0.05, 0) is 24.1 Å². The Balaban J connectivity index is 3.43. The molecule has 0 amide bonds. The SMILES string of the molecule is CCC=C(C(C)(C)c1ccc(OC)cc1)[Si](CCC)(CCC)CCC. The highest BCUT2D eigenvalue weighted by Gasteiger charge is 2.41. The van der Waals surface area contributed by atoms with E-state index in [-0.39, 0.29) is 5.41 Å². The van der Waals surface area contributed by atoms with Crippen molar-refractivity contribution in [2.75, 3.05) is 7.11 Å². The Morgan fingerprint density at radius 1 is 0.920 bits per heavy atom. The lowest BCUT2D eigenvalue weighted by molar-refractivity contribution is 0.414. The van der Waals surface area contributed by atoms with Crippen molar-refractivity contribution in [3.05, 3.63) is 41.1 Å². The van der Waals surface area contributed by atoms with Gasteiger partial charge in [0.05, 0.1) is 15.2 Å². The zero-order valence-corrected chi connectivity index (χ0v) is 18.7. The van der Waals surface area contributed by atoms with Crippen LogP contribution in [0.5, 0.6) is 5.75 Å². The summed E-state index contributed by atoms with van der Waals surface area (Å²) in [4.78, 5) is 0. The Morgan fingerprint density at radius 3 is 1.76 bits per heavy atom. The Hall–Kier alpha value is -1.02. The van der Waals surface area contributed by atoms with Crippen molar-refractivity contribution < 1.29 is 4.74 Å². The Bertz CT molecular complexity index is 511. The van der Waals surface area contributed by atoms with Crippen molar-refractivity contribution >= 4 is 8.07 Å². The molecule has 0 aliphatic rings. The molecule has 0 aromatic heterocycles. The minimum absolute atomic E-state index is 0.105. The van der Waals surface area contributed by atoms with E-state index in [0.29, 0.717) is 0 Å². The molecule has 25 heavy (non-hydrogen) atoms. The molecule has 142 valence electrons. The average Bonchev–Trinajstić information content (AvgIpc) is 2.60. The first kappa shape index (κ1) is 22.0. The molecule has 0 spiro atoms. The third-order valence-corrected chi connectivity index (χ3v) is 12.0. The fraction of sp³-hybridized carbons (Fsp3) is 0.652. The summed E-state index contributed by atoms with van der Waals surface area (Å²) in [5.74, 6) is 0.944. The predicted molar refractivity (Wildman–Crippen MR) is 115 cm³/mol. The van der Waals surface area contributed by atoms with Gasteiger partial charge in [0.1, 0.15) is 5.75 Å². The van der Waals surface area contributed by atoms with Crippen molar-refractivity contribution in [3.63, 3.8) is 0 Å². The zero-order chi connectivity index (χ0) is 18.9. The third kappa shape index (κ3) is 5.23. The summed E-state index contributed by atoms with van der Waals surface area (Å²) in [7, 11) is 0.284. The molecule has 1 rings (SSSR count).